The first-order valence-electron chi connectivity index (χ1n) is 8.14. The average Bonchev–Trinajstić information content (AvgIpc) is 3.01. The highest BCUT2D eigenvalue weighted by Crippen LogP contribution is 2.33. The van der Waals surface area contributed by atoms with Crippen LogP contribution in [0.1, 0.15) is 47.7 Å². The first-order valence-corrected chi connectivity index (χ1v) is 8.52. The third-order valence-electron chi connectivity index (χ3n) is 4.79. The van der Waals surface area contributed by atoms with E-state index in [9.17, 15) is 4.79 Å². The van der Waals surface area contributed by atoms with E-state index in [0.29, 0.717) is 23.8 Å². The summed E-state index contributed by atoms with van der Waals surface area (Å²) in [5.41, 5.74) is 2.60. The van der Waals surface area contributed by atoms with Crippen molar-refractivity contribution in [3.63, 3.8) is 0 Å². The van der Waals surface area contributed by atoms with Gasteiger partial charge >= 0.3 is 0 Å². The molecule has 2 aromatic heterocycles. The zero-order valence-electron chi connectivity index (χ0n) is 13.9. The van der Waals surface area contributed by atoms with E-state index in [0.717, 1.165) is 17.7 Å². The van der Waals surface area contributed by atoms with Crippen LogP contribution < -0.4 is 0 Å². The van der Waals surface area contributed by atoms with Crippen LogP contribution in [0.25, 0.3) is 0 Å². The van der Waals surface area contributed by atoms with Gasteiger partial charge in [-0.25, -0.2) is 0 Å². The van der Waals surface area contributed by atoms with Gasteiger partial charge in [-0.2, -0.15) is 10.2 Å². The van der Waals surface area contributed by atoms with Crippen molar-refractivity contribution in [2.45, 2.75) is 38.5 Å². The lowest BCUT2D eigenvalue weighted by atomic mass is 9.98. The van der Waals surface area contributed by atoms with Crippen molar-refractivity contribution >= 4 is 17.5 Å². The van der Waals surface area contributed by atoms with Crippen molar-refractivity contribution in [2.75, 3.05) is 13.1 Å². The van der Waals surface area contributed by atoms with Gasteiger partial charge in [-0.1, -0.05) is 11.6 Å². The molecule has 4 heterocycles. The number of ether oxygens (including phenoxy) is 1. The smallest absolute Gasteiger partial charge is 0.272 e. The van der Waals surface area contributed by atoms with Crippen LogP contribution in [0.3, 0.4) is 0 Å². The third-order valence-corrected chi connectivity index (χ3v) is 4.98. The van der Waals surface area contributed by atoms with Gasteiger partial charge in [0.1, 0.15) is 5.69 Å². The topological polar surface area (TPSA) is 65.2 Å². The highest BCUT2D eigenvalue weighted by Gasteiger charge is 2.38. The fourth-order valence-corrected chi connectivity index (χ4v) is 3.73. The standard InChI is InChI=1S/C16H20ClN5O2/c1-9-4-13-14(10(2)24-9)19-20(3)15(13)16(23)21-7-12(8-21)22-6-11(17)5-18-22/h5-6,9-10,12H,4,7-8H2,1-3H3/t9-,10+/m1/s1. The van der Waals surface area contributed by atoms with E-state index in [1.165, 1.54) is 0 Å². The number of aromatic nitrogens is 4. The van der Waals surface area contributed by atoms with E-state index in [-0.39, 0.29) is 24.2 Å². The molecule has 2 aliphatic rings. The van der Waals surface area contributed by atoms with Gasteiger partial charge in [-0.3, -0.25) is 14.2 Å². The van der Waals surface area contributed by atoms with Crippen LogP contribution in [0.2, 0.25) is 5.02 Å². The van der Waals surface area contributed by atoms with Crippen molar-refractivity contribution in [2.24, 2.45) is 7.05 Å². The Kier molecular flexibility index (Phi) is 3.65. The van der Waals surface area contributed by atoms with E-state index in [1.54, 1.807) is 17.1 Å². The molecule has 2 aliphatic heterocycles. The fourth-order valence-electron chi connectivity index (χ4n) is 3.59. The molecule has 0 saturated carbocycles. The Morgan fingerprint density at radius 2 is 2.12 bits per heavy atom. The predicted octanol–water partition coefficient (Wildman–Crippen LogP) is 1.99. The van der Waals surface area contributed by atoms with E-state index >= 15 is 0 Å². The molecule has 0 radical (unpaired) electrons. The van der Waals surface area contributed by atoms with Crippen LogP contribution in [-0.2, 0) is 18.2 Å². The normalized spacial score (nSPS) is 23.9. The molecule has 128 valence electrons. The number of hydrogen-bond donors (Lipinski definition) is 0. The number of carbonyl (C=O) groups excluding carboxylic acids is 1. The Labute approximate surface area is 145 Å². The maximum atomic E-state index is 12.9. The van der Waals surface area contributed by atoms with Crippen LogP contribution in [-0.4, -0.2) is 49.6 Å². The molecule has 0 bridgehead atoms. The minimum Gasteiger partial charge on any atom is -0.369 e. The molecule has 2 atom stereocenters. The number of amides is 1. The predicted molar refractivity (Wildman–Crippen MR) is 88.1 cm³/mol. The maximum Gasteiger partial charge on any atom is 0.272 e. The van der Waals surface area contributed by atoms with Gasteiger partial charge in [0.15, 0.2) is 0 Å². The summed E-state index contributed by atoms with van der Waals surface area (Å²) in [5, 5.41) is 9.35. The van der Waals surface area contributed by atoms with Gasteiger partial charge in [0, 0.05) is 38.3 Å². The lowest BCUT2D eigenvalue weighted by Gasteiger charge is -2.39. The molecule has 0 spiro atoms. The number of hydrogen-bond acceptors (Lipinski definition) is 4. The second-order valence-electron chi connectivity index (χ2n) is 6.63. The van der Waals surface area contributed by atoms with Crippen molar-refractivity contribution in [3.05, 3.63) is 34.4 Å². The van der Waals surface area contributed by atoms with Crippen LogP contribution in [0.15, 0.2) is 12.4 Å². The van der Waals surface area contributed by atoms with E-state index in [4.69, 9.17) is 16.3 Å². The van der Waals surface area contributed by atoms with Crippen LogP contribution in [0.5, 0.6) is 0 Å². The van der Waals surface area contributed by atoms with Gasteiger partial charge in [0.25, 0.3) is 5.91 Å². The van der Waals surface area contributed by atoms with Gasteiger partial charge in [0.2, 0.25) is 0 Å². The maximum absolute atomic E-state index is 12.9. The highest BCUT2D eigenvalue weighted by atomic mass is 35.5. The molecule has 1 fully saturated rings. The first-order chi connectivity index (χ1) is 11.4. The summed E-state index contributed by atoms with van der Waals surface area (Å²) in [6, 6.07) is 0.187. The summed E-state index contributed by atoms with van der Waals surface area (Å²) < 4.78 is 9.33. The monoisotopic (exact) mass is 349 g/mol. The molecule has 1 saturated heterocycles. The highest BCUT2D eigenvalue weighted by molar-refractivity contribution is 6.30. The Morgan fingerprint density at radius 1 is 1.38 bits per heavy atom. The quantitative estimate of drug-likeness (QED) is 0.831. The molecule has 1 amide bonds. The summed E-state index contributed by atoms with van der Waals surface area (Å²) in [4.78, 5) is 14.8. The summed E-state index contributed by atoms with van der Waals surface area (Å²) in [5.74, 6) is 0.0297. The Balaban J connectivity index is 1.54. The number of carbonyl (C=O) groups is 1. The van der Waals surface area contributed by atoms with Crippen molar-refractivity contribution in [1.29, 1.82) is 0 Å². The van der Waals surface area contributed by atoms with Gasteiger partial charge in [-0.05, 0) is 13.8 Å². The van der Waals surface area contributed by atoms with Crippen molar-refractivity contribution in [1.82, 2.24) is 24.5 Å². The lowest BCUT2D eigenvalue weighted by Crippen LogP contribution is -2.51. The Hall–Kier alpha value is -1.86. The van der Waals surface area contributed by atoms with Crippen molar-refractivity contribution in [3.8, 4) is 0 Å². The van der Waals surface area contributed by atoms with Crippen LogP contribution >= 0.6 is 11.6 Å². The number of rotatable bonds is 2. The molecule has 2 aromatic rings. The lowest BCUT2D eigenvalue weighted by molar-refractivity contribution is -0.00720. The summed E-state index contributed by atoms with van der Waals surface area (Å²) >= 11 is 5.91. The van der Waals surface area contributed by atoms with Crippen LogP contribution in [0, 0.1) is 0 Å². The first kappa shape index (κ1) is 15.7. The van der Waals surface area contributed by atoms with Gasteiger partial charge < -0.3 is 9.64 Å². The Bertz CT molecular complexity index is 792. The Morgan fingerprint density at radius 3 is 2.79 bits per heavy atom. The van der Waals surface area contributed by atoms with Gasteiger partial charge in [-0.15, -0.1) is 0 Å². The number of halogens is 1. The molecule has 8 heteroatoms. The minimum absolute atomic E-state index is 0.0297. The third kappa shape index (κ3) is 2.43. The largest absolute Gasteiger partial charge is 0.369 e. The molecular formula is C16H20ClN5O2. The SMILES string of the molecule is C[C@@H]1Cc2c(nn(C)c2C(=O)N2CC(n3cc(Cl)cn3)C2)[C@H](C)O1. The second kappa shape index (κ2) is 5.60. The number of nitrogens with zero attached hydrogens (tertiary/aromatic N) is 5. The molecule has 24 heavy (non-hydrogen) atoms. The van der Waals surface area contributed by atoms with E-state index in [2.05, 4.69) is 10.2 Å². The summed E-state index contributed by atoms with van der Waals surface area (Å²) in [6.45, 7) is 5.29. The summed E-state index contributed by atoms with van der Waals surface area (Å²) in [7, 11) is 1.83. The van der Waals surface area contributed by atoms with E-state index < -0.39 is 0 Å². The van der Waals surface area contributed by atoms with Crippen molar-refractivity contribution < 1.29 is 9.53 Å². The molecule has 0 aliphatic carbocycles. The zero-order chi connectivity index (χ0) is 17.0. The molecule has 7 nitrogen and oxygen atoms in total. The van der Waals surface area contributed by atoms with E-state index in [1.807, 2.05) is 30.5 Å². The number of aryl methyl sites for hydroxylation is 1. The number of likely N-dealkylation sites (tertiary alicyclic amines) is 1. The van der Waals surface area contributed by atoms with Gasteiger partial charge in [0.05, 0.1) is 35.2 Å². The molecule has 0 unspecified atom stereocenters. The molecule has 0 N–H and O–H groups in total. The van der Waals surface area contributed by atoms with Crippen LogP contribution in [0.4, 0.5) is 0 Å². The minimum atomic E-state index is -0.0770. The molecule has 4 rings (SSSR count). The zero-order valence-corrected chi connectivity index (χ0v) is 14.7. The molecular weight excluding hydrogens is 330 g/mol. The second-order valence-corrected chi connectivity index (χ2v) is 7.07. The molecule has 0 aromatic carbocycles. The number of fused-ring (bicyclic) bond motifs is 1. The fraction of sp³-hybridized carbons (Fsp3) is 0.562. The average molecular weight is 350 g/mol. The summed E-state index contributed by atoms with van der Waals surface area (Å²) in [6.07, 6.45) is 4.15.